The summed E-state index contributed by atoms with van der Waals surface area (Å²) >= 11 is 0. The fourth-order valence-corrected chi connectivity index (χ4v) is 9.74. The van der Waals surface area contributed by atoms with Crippen LogP contribution in [-0.2, 0) is 72.0 Å². The van der Waals surface area contributed by atoms with Gasteiger partial charge < -0.3 is 85.3 Å². The van der Waals surface area contributed by atoms with Crippen molar-refractivity contribution in [2.45, 2.75) is 145 Å². The molecule has 5 rings (SSSR count). The van der Waals surface area contributed by atoms with Crippen molar-refractivity contribution in [3.8, 4) is 5.75 Å². The number of rotatable bonds is 32. The smallest absolute Gasteiger partial charge is 0.245 e. The Bertz CT molecular complexity index is 2870. The third-order valence-electron chi connectivity index (χ3n) is 14.2. The van der Waals surface area contributed by atoms with Gasteiger partial charge in [0.05, 0.1) is 19.3 Å². The van der Waals surface area contributed by atoms with E-state index in [-0.39, 0.29) is 94.4 Å². The molecule has 10 atom stereocenters. The van der Waals surface area contributed by atoms with E-state index < -0.39 is 133 Å². The molecule has 0 saturated carbocycles. The molecule has 2 fully saturated rings. The van der Waals surface area contributed by atoms with Gasteiger partial charge in [-0.15, -0.1) is 0 Å². The Morgan fingerprint density at radius 2 is 1.13 bits per heavy atom. The molecule has 3 aromatic carbocycles. The normalized spacial score (nSPS) is 17.3. The predicted octanol–water partition coefficient (Wildman–Crippen LogP) is -3.84. The average Bonchev–Trinajstić information content (AvgIpc) is 2.66. The van der Waals surface area contributed by atoms with Gasteiger partial charge >= 0.3 is 0 Å². The second kappa shape index (κ2) is 33.3. The minimum Gasteiger partial charge on any atom is -0.508 e. The number of benzene rings is 3. The molecule has 2 heterocycles. The number of guanidine groups is 1. The van der Waals surface area contributed by atoms with Crippen molar-refractivity contribution >= 4 is 70.9 Å². The van der Waals surface area contributed by atoms with Crippen LogP contribution >= 0.6 is 0 Å². The summed E-state index contributed by atoms with van der Waals surface area (Å²) in [6.07, 6.45) is -0.950. The summed E-state index contributed by atoms with van der Waals surface area (Å²) in [6, 6.07) is 10.2. The maximum Gasteiger partial charge on any atom is 0.245 e. The van der Waals surface area contributed by atoms with Crippen LogP contribution in [0.2, 0.25) is 0 Å². The Morgan fingerprint density at radius 3 is 1.64 bits per heavy atom. The van der Waals surface area contributed by atoms with Crippen LogP contribution in [-0.4, -0.2) is 178 Å². The molecule has 2 saturated heterocycles. The number of carbonyl (C=O) groups excluding carboxylic acids is 11. The number of nitrogens with two attached hydrogens (primary N) is 3. The van der Waals surface area contributed by atoms with Gasteiger partial charge in [-0.1, -0.05) is 86.6 Å². The van der Waals surface area contributed by atoms with E-state index in [1.807, 2.05) is 0 Å². The second-order valence-corrected chi connectivity index (χ2v) is 21.6. The first-order valence-corrected chi connectivity index (χ1v) is 28.4. The summed E-state index contributed by atoms with van der Waals surface area (Å²) < 4.78 is 0. The average molecular weight is 1200 g/mol. The molecule has 28 nitrogen and oxygen atoms in total. The standard InChI is InChI=1S/C58H80N14O14/c1-32(2)26-40(50(79)65-39(16-10-24-62-58(60)61)57(86)72-25-11-17-45(72)55(84)63-30-46(59)76)66-51(80)41(27-34-12-6-4-7-13-34)68-52(81)42(29-36-18-20-37(75)21-19-36)69-54(83)44(31-73)70-56(85)48(33(3)74)71-53(82)43(28-35-14-8-5-9-15-35)67-49(78)38-22-23-47(77)64-38/h4-9,12-15,18-21,32-33,38-45,48,73-75H,10-11,16-17,22-31H2,1-3H3,(H2,59,76)(H,63,84)(H,64,77)(H,65,79)(H,66,80)(H,67,78)(H,68,81)(H,69,83)(H,70,85)(H,71,82)(H4,60,61,62)/t33-,38+,39+,40+,41-,42+,43-,44+,45+,48+/m1/s1. The number of primary amides is 1. The number of phenolic OH excluding ortho intramolecular Hbond substituents is 1. The largest absolute Gasteiger partial charge is 0.508 e. The van der Waals surface area contributed by atoms with Crippen LogP contribution in [0.25, 0.3) is 0 Å². The van der Waals surface area contributed by atoms with Crippen molar-refractivity contribution in [1.82, 2.24) is 52.8 Å². The zero-order valence-corrected chi connectivity index (χ0v) is 48.3. The van der Waals surface area contributed by atoms with Gasteiger partial charge in [-0.2, -0.15) is 0 Å². The first-order chi connectivity index (χ1) is 40.9. The quantitative estimate of drug-likeness (QED) is 0.0162. The molecule has 2 aliphatic rings. The van der Waals surface area contributed by atoms with Crippen LogP contribution in [0.4, 0.5) is 0 Å². The first kappa shape index (κ1) is 67.6. The van der Waals surface area contributed by atoms with Crippen molar-refractivity contribution in [3.63, 3.8) is 0 Å². The molecule has 2 aliphatic heterocycles. The lowest BCUT2D eigenvalue weighted by atomic mass is 9.99. The number of aliphatic hydroxyl groups is 2. The fraction of sp³-hybridized carbons (Fsp3) is 0.483. The van der Waals surface area contributed by atoms with Crippen LogP contribution in [0.1, 0.15) is 82.4 Å². The van der Waals surface area contributed by atoms with Gasteiger partial charge in [0.1, 0.15) is 60.1 Å². The van der Waals surface area contributed by atoms with Crippen LogP contribution in [0.15, 0.2) is 89.9 Å². The van der Waals surface area contributed by atoms with Crippen LogP contribution in [0.5, 0.6) is 5.75 Å². The van der Waals surface area contributed by atoms with Crippen molar-refractivity contribution < 1.29 is 68.1 Å². The highest BCUT2D eigenvalue weighted by Crippen LogP contribution is 2.21. The number of aliphatic imine (C=N–C) groups is 1. The summed E-state index contributed by atoms with van der Waals surface area (Å²) in [5.41, 5.74) is 17.9. The highest BCUT2D eigenvalue weighted by Gasteiger charge is 2.40. The predicted molar refractivity (Wildman–Crippen MR) is 312 cm³/mol. The molecule has 0 aromatic heterocycles. The summed E-state index contributed by atoms with van der Waals surface area (Å²) in [7, 11) is 0. The van der Waals surface area contributed by atoms with Gasteiger partial charge in [0.25, 0.3) is 0 Å². The van der Waals surface area contributed by atoms with E-state index in [1.165, 1.54) is 36.1 Å². The van der Waals surface area contributed by atoms with Gasteiger partial charge in [-0.3, -0.25) is 57.7 Å². The van der Waals surface area contributed by atoms with Crippen LogP contribution in [0, 0.1) is 5.92 Å². The van der Waals surface area contributed by atoms with E-state index in [4.69, 9.17) is 17.2 Å². The number of hydrogen-bond donors (Lipinski definition) is 15. The Kier molecular flexibility index (Phi) is 26.2. The number of nitrogens with one attached hydrogen (secondary N) is 9. The van der Waals surface area contributed by atoms with Crippen molar-refractivity contribution in [2.75, 3.05) is 26.2 Å². The Labute approximate surface area is 497 Å². The van der Waals surface area contributed by atoms with Gasteiger partial charge in [-0.25, -0.2) is 0 Å². The van der Waals surface area contributed by atoms with Gasteiger partial charge in [-0.05, 0) is 80.2 Å². The van der Waals surface area contributed by atoms with Gasteiger partial charge in [0.2, 0.25) is 65.0 Å². The van der Waals surface area contributed by atoms with Crippen molar-refractivity contribution in [1.29, 1.82) is 0 Å². The van der Waals surface area contributed by atoms with Crippen molar-refractivity contribution in [3.05, 3.63) is 102 Å². The maximum atomic E-state index is 14.7. The topological polar surface area (TPSA) is 450 Å². The molecular weight excluding hydrogens is 1120 g/mol. The molecule has 0 aliphatic carbocycles. The molecule has 11 amide bonds. The van der Waals surface area contributed by atoms with E-state index >= 15 is 0 Å². The number of aromatic hydroxyl groups is 1. The maximum absolute atomic E-state index is 14.7. The first-order valence-electron chi connectivity index (χ1n) is 28.4. The van der Waals surface area contributed by atoms with Gasteiger partial charge in [0.15, 0.2) is 5.96 Å². The van der Waals surface area contributed by atoms with Gasteiger partial charge in [0, 0.05) is 38.8 Å². The Morgan fingerprint density at radius 1 is 0.628 bits per heavy atom. The van der Waals surface area contributed by atoms with Crippen LogP contribution < -0.4 is 65.1 Å². The number of phenols is 1. The molecule has 0 spiro atoms. The highest BCUT2D eigenvalue weighted by atomic mass is 16.3. The van der Waals surface area contributed by atoms with Crippen LogP contribution in [0.3, 0.4) is 0 Å². The molecule has 0 radical (unpaired) electrons. The third-order valence-corrected chi connectivity index (χ3v) is 14.2. The lowest BCUT2D eigenvalue weighted by Crippen LogP contribution is -2.62. The van der Waals surface area contributed by atoms with Crippen molar-refractivity contribution in [2.24, 2.45) is 28.1 Å². The zero-order chi connectivity index (χ0) is 63.0. The Hall–Kier alpha value is -9.18. The monoisotopic (exact) mass is 1200 g/mol. The molecular formula is C58H80N14O14. The molecule has 86 heavy (non-hydrogen) atoms. The summed E-state index contributed by atoms with van der Waals surface area (Å²) in [5.74, 6) is -9.39. The number of nitrogens with zero attached hydrogens (tertiary/aromatic N) is 2. The number of likely N-dealkylation sites (tertiary alicyclic amines) is 1. The third kappa shape index (κ3) is 21.5. The van der Waals surface area contributed by atoms with E-state index in [1.54, 1.807) is 74.5 Å². The Balaban J connectivity index is 1.38. The molecule has 18 N–H and O–H groups in total. The minimum atomic E-state index is -1.84. The number of carbonyl (C=O) groups is 11. The number of amides is 11. The van der Waals surface area contributed by atoms with E-state index in [0.717, 1.165) is 0 Å². The van der Waals surface area contributed by atoms with E-state index in [0.29, 0.717) is 23.1 Å². The fourth-order valence-electron chi connectivity index (χ4n) is 9.74. The zero-order valence-electron chi connectivity index (χ0n) is 48.3. The molecule has 466 valence electrons. The SMILES string of the molecule is CC(C)C[C@H](NC(=O)[C@@H](Cc1ccccc1)NC(=O)[C@H](Cc1ccc(O)cc1)NC(=O)[C@H](CO)NC(=O)[C@@H](NC(=O)[C@@H](Cc1ccccc1)NC(=O)[C@@H]1CCC(=O)N1)[C@@H](C)O)C(=O)N[C@@H](CCCN=C(N)N)C(=O)N1CCC[C@H]1C(=O)NCC(N)=O. The summed E-state index contributed by atoms with van der Waals surface area (Å²) in [5, 5.41) is 54.5. The van der Waals surface area contributed by atoms with E-state index in [9.17, 15) is 68.1 Å². The number of aliphatic hydroxyl groups excluding tert-OH is 2. The summed E-state index contributed by atoms with van der Waals surface area (Å²) in [6.45, 7) is 3.46. The highest BCUT2D eigenvalue weighted by molar-refractivity contribution is 5.99. The summed E-state index contributed by atoms with van der Waals surface area (Å²) in [4.78, 5) is 155. The molecule has 0 bridgehead atoms. The lowest BCUT2D eigenvalue weighted by Gasteiger charge is -2.30. The minimum absolute atomic E-state index is 0.00420. The second-order valence-electron chi connectivity index (χ2n) is 21.6. The molecule has 0 unspecified atom stereocenters. The molecule has 3 aromatic rings. The molecule has 28 heteroatoms. The lowest BCUT2D eigenvalue weighted by molar-refractivity contribution is -0.142. The number of hydrogen-bond acceptors (Lipinski definition) is 15. The van der Waals surface area contributed by atoms with E-state index in [2.05, 4.69) is 52.8 Å².